The van der Waals surface area contributed by atoms with Gasteiger partial charge < -0.3 is 5.73 Å². The third kappa shape index (κ3) is 3.74. The van der Waals surface area contributed by atoms with E-state index < -0.39 is 10.0 Å². The standard InChI is InChI=1S/C13H10BrClN2O2S2/c14-8-5-6-11(10(15)7-8)17-21(18,19)12-4-2-1-3-9(12)13(16)20/h1-7,17H,(H2,16,20). The van der Waals surface area contributed by atoms with Crippen molar-refractivity contribution in [1.82, 2.24) is 0 Å². The number of hydrogen-bond acceptors (Lipinski definition) is 3. The van der Waals surface area contributed by atoms with Crippen molar-refractivity contribution in [3.05, 3.63) is 57.5 Å². The van der Waals surface area contributed by atoms with Crippen molar-refractivity contribution in [2.45, 2.75) is 4.90 Å². The summed E-state index contributed by atoms with van der Waals surface area (Å²) in [5.41, 5.74) is 6.12. The molecule has 0 aliphatic heterocycles. The van der Waals surface area contributed by atoms with Crippen LogP contribution in [0.1, 0.15) is 5.56 Å². The Morgan fingerprint density at radius 3 is 2.52 bits per heavy atom. The molecule has 0 saturated heterocycles. The van der Waals surface area contributed by atoms with Crippen LogP contribution in [0.5, 0.6) is 0 Å². The Hall–Kier alpha value is -1.15. The van der Waals surface area contributed by atoms with Crippen molar-refractivity contribution in [3.8, 4) is 0 Å². The molecule has 2 rings (SSSR count). The highest BCUT2D eigenvalue weighted by Gasteiger charge is 2.20. The molecule has 2 aromatic rings. The van der Waals surface area contributed by atoms with Crippen LogP contribution in [-0.4, -0.2) is 13.4 Å². The first-order valence-electron chi connectivity index (χ1n) is 5.68. The summed E-state index contributed by atoms with van der Waals surface area (Å²) in [6.07, 6.45) is 0. The van der Waals surface area contributed by atoms with E-state index >= 15 is 0 Å². The fourth-order valence-corrected chi connectivity index (χ4v) is 4.00. The molecule has 110 valence electrons. The van der Waals surface area contributed by atoms with E-state index in [2.05, 4.69) is 20.7 Å². The van der Waals surface area contributed by atoms with Gasteiger partial charge in [-0.1, -0.05) is 57.9 Å². The number of sulfonamides is 1. The Bertz CT molecular complexity index is 810. The zero-order chi connectivity index (χ0) is 15.6. The molecule has 4 nitrogen and oxygen atoms in total. The molecule has 8 heteroatoms. The van der Waals surface area contributed by atoms with Crippen molar-refractivity contribution < 1.29 is 8.42 Å². The van der Waals surface area contributed by atoms with Crippen molar-refractivity contribution >= 4 is 60.4 Å². The molecule has 0 unspecified atom stereocenters. The summed E-state index contributed by atoms with van der Waals surface area (Å²) in [6.45, 7) is 0. The fraction of sp³-hybridized carbons (Fsp3) is 0. The monoisotopic (exact) mass is 404 g/mol. The van der Waals surface area contributed by atoms with Crippen LogP contribution in [0.15, 0.2) is 51.8 Å². The van der Waals surface area contributed by atoms with Gasteiger partial charge in [-0.2, -0.15) is 0 Å². The molecule has 0 heterocycles. The van der Waals surface area contributed by atoms with Gasteiger partial charge in [-0.05, 0) is 24.3 Å². The van der Waals surface area contributed by atoms with Gasteiger partial charge in [0.2, 0.25) is 0 Å². The van der Waals surface area contributed by atoms with Crippen LogP contribution < -0.4 is 10.5 Å². The first kappa shape index (κ1) is 16.2. The summed E-state index contributed by atoms with van der Waals surface area (Å²) in [7, 11) is -3.84. The Morgan fingerprint density at radius 1 is 1.24 bits per heavy atom. The molecule has 0 atom stereocenters. The smallest absolute Gasteiger partial charge is 0.262 e. The molecule has 0 amide bonds. The normalized spacial score (nSPS) is 11.1. The number of benzene rings is 2. The molecule has 3 N–H and O–H groups in total. The van der Waals surface area contributed by atoms with Crippen LogP contribution in [0, 0.1) is 0 Å². The summed E-state index contributed by atoms with van der Waals surface area (Å²) < 4.78 is 28.1. The Labute approximate surface area is 141 Å². The van der Waals surface area contributed by atoms with Crippen molar-refractivity contribution in [3.63, 3.8) is 0 Å². The minimum Gasteiger partial charge on any atom is -0.389 e. The van der Waals surface area contributed by atoms with Gasteiger partial charge in [0.05, 0.1) is 15.6 Å². The number of thiocarbonyl (C=S) groups is 1. The minimum atomic E-state index is -3.84. The van der Waals surface area contributed by atoms with Gasteiger partial charge in [0.25, 0.3) is 10.0 Å². The van der Waals surface area contributed by atoms with Gasteiger partial charge in [-0.15, -0.1) is 0 Å². The molecular formula is C13H10BrClN2O2S2. The Kier molecular flexibility index (Phi) is 4.88. The molecule has 0 radical (unpaired) electrons. The lowest BCUT2D eigenvalue weighted by Gasteiger charge is -2.12. The van der Waals surface area contributed by atoms with Gasteiger partial charge in [-0.25, -0.2) is 8.42 Å². The summed E-state index contributed by atoms with van der Waals surface area (Å²) in [6, 6.07) is 11.1. The van der Waals surface area contributed by atoms with E-state index in [4.69, 9.17) is 29.6 Å². The number of halogens is 2. The number of anilines is 1. The maximum absolute atomic E-state index is 12.5. The predicted octanol–water partition coefficient (Wildman–Crippen LogP) is 3.54. The molecule has 0 aliphatic rings. The average molecular weight is 406 g/mol. The van der Waals surface area contributed by atoms with Crippen LogP contribution >= 0.6 is 39.7 Å². The average Bonchev–Trinajstić information content (AvgIpc) is 2.42. The van der Waals surface area contributed by atoms with E-state index in [9.17, 15) is 8.42 Å². The van der Waals surface area contributed by atoms with Crippen molar-refractivity contribution in [2.75, 3.05) is 4.72 Å². The zero-order valence-electron chi connectivity index (χ0n) is 10.5. The second-order valence-corrected chi connectivity index (χ2v) is 7.50. The van der Waals surface area contributed by atoms with Crippen LogP contribution in [-0.2, 0) is 10.0 Å². The summed E-state index contributed by atoms with van der Waals surface area (Å²) in [5, 5.41) is 0.278. The fourth-order valence-electron chi connectivity index (χ4n) is 1.68. The van der Waals surface area contributed by atoms with Crippen LogP contribution in [0.3, 0.4) is 0 Å². The quantitative estimate of drug-likeness (QED) is 0.763. The molecule has 0 saturated carbocycles. The summed E-state index contributed by atoms with van der Waals surface area (Å²) in [5.74, 6) is 0. The van der Waals surface area contributed by atoms with Gasteiger partial charge >= 0.3 is 0 Å². The van der Waals surface area contributed by atoms with Crippen molar-refractivity contribution in [2.24, 2.45) is 5.73 Å². The number of rotatable bonds is 4. The number of nitrogens with one attached hydrogen (secondary N) is 1. The predicted molar refractivity (Wildman–Crippen MR) is 92.3 cm³/mol. The SMILES string of the molecule is NC(=S)c1ccccc1S(=O)(=O)Nc1ccc(Br)cc1Cl. The second-order valence-electron chi connectivity index (χ2n) is 4.09. The number of nitrogens with two attached hydrogens (primary N) is 1. The largest absolute Gasteiger partial charge is 0.389 e. The van der Waals surface area contributed by atoms with E-state index in [0.717, 1.165) is 4.47 Å². The molecule has 0 aromatic heterocycles. The highest BCUT2D eigenvalue weighted by molar-refractivity contribution is 9.10. The van der Waals surface area contributed by atoms with E-state index in [1.54, 1.807) is 36.4 Å². The third-order valence-electron chi connectivity index (χ3n) is 2.62. The van der Waals surface area contributed by atoms with Gasteiger partial charge in [0, 0.05) is 10.0 Å². The first-order valence-corrected chi connectivity index (χ1v) is 8.74. The maximum atomic E-state index is 12.5. The van der Waals surface area contributed by atoms with E-state index in [-0.39, 0.29) is 26.2 Å². The summed E-state index contributed by atoms with van der Waals surface area (Å²) >= 11 is 14.2. The van der Waals surface area contributed by atoms with Crippen LogP contribution in [0.25, 0.3) is 0 Å². The number of hydrogen-bond donors (Lipinski definition) is 2. The van der Waals surface area contributed by atoms with Gasteiger partial charge in [-0.3, -0.25) is 4.72 Å². The van der Waals surface area contributed by atoms with Gasteiger partial charge in [0.1, 0.15) is 4.99 Å². The van der Waals surface area contributed by atoms with Crippen molar-refractivity contribution in [1.29, 1.82) is 0 Å². The van der Waals surface area contributed by atoms with Crippen LogP contribution in [0.4, 0.5) is 5.69 Å². The zero-order valence-corrected chi connectivity index (χ0v) is 14.5. The van der Waals surface area contributed by atoms with E-state index in [1.165, 1.54) is 6.07 Å². The molecule has 0 bridgehead atoms. The summed E-state index contributed by atoms with van der Waals surface area (Å²) in [4.78, 5) is 0.0226. The second kappa shape index (κ2) is 6.31. The maximum Gasteiger partial charge on any atom is 0.262 e. The van der Waals surface area contributed by atoms with E-state index in [1.807, 2.05) is 0 Å². The Balaban J connectivity index is 2.46. The van der Waals surface area contributed by atoms with Gasteiger partial charge in [0.15, 0.2) is 0 Å². The molecule has 2 aromatic carbocycles. The highest BCUT2D eigenvalue weighted by atomic mass is 79.9. The molecule has 21 heavy (non-hydrogen) atoms. The lowest BCUT2D eigenvalue weighted by molar-refractivity contribution is 0.601. The molecule has 0 fully saturated rings. The molecule has 0 spiro atoms. The highest BCUT2D eigenvalue weighted by Crippen LogP contribution is 2.28. The Morgan fingerprint density at radius 2 is 1.90 bits per heavy atom. The topological polar surface area (TPSA) is 72.2 Å². The van der Waals surface area contributed by atoms with Crippen LogP contribution in [0.2, 0.25) is 5.02 Å². The van der Waals surface area contributed by atoms with E-state index in [0.29, 0.717) is 0 Å². The molecule has 0 aliphatic carbocycles. The minimum absolute atomic E-state index is 0.0106. The molecular weight excluding hydrogens is 396 g/mol. The first-order chi connectivity index (χ1) is 9.81. The third-order valence-corrected chi connectivity index (χ3v) is 5.07. The lowest BCUT2D eigenvalue weighted by atomic mass is 10.2. The lowest BCUT2D eigenvalue weighted by Crippen LogP contribution is -2.19.